The zero-order valence-corrected chi connectivity index (χ0v) is 13.7. The summed E-state index contributed by atoms with van der Waals surface area (Å²) < 4.78 is 1.84. The lowest BCUT2D eigenvalue weighted by molar-refractivity contribution is -0.143. The highest BCUT2D eigenvalue weighted by atomic mass is 35.5. The molecule has 2 N–H and O–H groups in total. The number of imidazole rings is 1. The summed E-state index contributed by atoms with van der Waals surface area (Å²) in [6, 6.07) is 6.89. The van der Waals surface area contributed by atoms with E-state index in [-0.39, 0.29) is 18.6 Å². The number of ketones is 1. The van der Waals surface area contributed by atoms with Crippen LogP contribution in [0.4, 0.5) is 0 Å². The number of carboxylic acids is 2. The maximum atomic E-state index is 11.9. The van der Waals surface area contributed by atoms with Gasteiger partial charge in [0.15, 0.2) is 5.78 Å². The Bertz CT molecular complexity index is 696. The number of aliphatic carboxylic acids is 2. The molecule has 1 aromatic heterocycles. The van der Waals surface area contributed by atoms with Crippen LogP contribution < -0.4 is 0 Å². The van der Waals surface area contributed by atoms with Gasteiger partial charge in [-0.1, -0.05) is 11.6 Å². The summed E-state index contributed by atoms with van der Waals surface area (Å²) in [6.45, 7) is 0. The Balaban J connectivity index is 0.000000307. The number of aromatic nitrogens is 2. The number of hydrogen-bond acceptors (Lipinski definition) is 4. The minimum atomic E-state index is -1.08. The molecule has 0 unspecified atom stereocenters. The van der Waals surface area contributed by atoms with Crippen molar-refractivity contribution in [3.8, 4) is 0 Å². The van der Waals surface area contributed by atoms with Crippen LogP contribution in [0.3, 0.4) is 0 Å². The zero-order valence-electron chi connectivity index (χ0n) is 13.0. The van der Waals surface area contributed by atoms with Crippen LogP contribution in [-0.4, -0.2) is 37.5 Å². The van der Waals surface area contributed by atoms with E-state index in [4.69, 9.17) is 21.8 Å². The summed E-state index contributed by atoms with van der Waals surface area (Å²) in [7, 11) is 1.87. The first-order valence-electron chi connectivity index (χ1n) is 6.98. The fourth-order valence-electron chi connectivity index (χ4n) is 1.66. The number of Topliss-reactive ketones (excluding diaryl/α,β-unsaturated/α-hetero) is 1. The van der Waals surface area contributed by atoms with Crippen molar-refractivity contribution in [2.24, 2.45) is 7.05 Å². The Labute approximate surface area is 143 Å². The molecule has 2 aromatic rings. The molecule has 0 aliphatic rings. The van der Waals surface area contributed by atoms with E-state index < -0.39 is 11.9 Å². The van der Waals surface area contributed by atoms with Gasteiger partial charge in [0, 0.05) is 30.0 Å². The summed E-state index contributed by atoms with van der Waals surface area (Å²) in [5, 5.41) is 16.4. The highest BCUT2D eigenvalue weighted by molar-refractivity contribution is 6.30. The molecule has 0 aliphatic heterocycles. The van der Waals surface area contributed by atoms with E-state index in [1.54, 1.807) is 30.5 Å². The molecule has 0 spiro atoms. The Morgan fingerprint density at radius 3 is 2.04 bits per heavy atom. The van der Waals surface area contributed by atoms with E-state index in [9.17, 15) is 14.4 Å². The molecule has 8 heteroatoms. The van der Waals surface area contributed by atoms with Gasteiger partial charge < -0.3 is 14.8 Å². The lowest BCUT2D eigenvalue weighted by Crippen LogP contribution is -2.07. The van der Waals surface area contributed by atoms with Crippen LogP contribution in [0, 0.1) is 0 Å². The second kappa shape index (κ2) is 9.46. The molecule has 0 radical (unpaired) electrons. The molecule has 0 fully saturated rings. The van der Waals surface area contributed by atoms with Crippen molar-refractivity contribution in [2.45, 2.75) is 19.3 Å². The maximum Gasteiger partial charge on any atom is 0.303 e. The van der Waals surface area contributed by atoms with Crippen LogP contribution in [0.25, 0.3) is 0 Å². The van der Waals surface area contributed by atoms with Gasteiger partial charge in [0.1, 0.15) is 5.82 Å². The minimum Gasteiger partial charge on any atom is -0.481 e. The van der Waals surface area contributed by atoms with E-state index in [1.807, 2.05) is 17.8 Å². The fraction of sp³-hybridized carbons (Fsp3) is 0.250. The van der Waals surface area contributed by atoms with E-state index in [0.29, 0.717) is 17.0 Å². The Kier molecular flexibility index (Phi) is 7.64. The van der Waals surface area contributed by atoms with Gasteiger partial charge in [0.2, 0.25) is 0 Å². The normalized spacial score (nSPS) is 9.75. The van der Waals surface area contributed by atoms with Crippen LogP contribution >= 0.6 is 11.6 Å². The number of halogens is 1. The van der Waals surface area contributed by atoms with E-state index in [1.165, 1.54) is 0 Å². The summed E-state index contributed by atoms with van der Waals surface area (Å²) >= 11 is 5.76. The molecule has 2 rings (SSSR count). The Morgan fingerprint density at radius 1 is 1.08 bits per heavy atom. The third-order valence-electron chi connectivity index (χ3n) is 2.96. The van der Waals surface area contributed by atoms with Gasteiger partial charge in [-0.25, -0.2) is 4.98 Å². The first-order chi connectivity index (χ1) is 11.3. The van der Waals surface area contributed by atoms with E-state index >= 15 is 0 Å². The molecule has 7 nitrogen and oxygen atoms in total. The molecule has 0 saturated heterocycles. The average Bonchev–Trinajstić information content (AvgIpc) is 2.91. The molecule has 0 atom stereocenters. The highest BCUT2D eigenvalue weighted by Gasteiger charge is 2.09. The summed E-state index contributed by atoms with van der Waals surface area (Å²) in [5.74, 6) is -1.34. The van der Waals surface area contributed by atoms with Gasteiger partial charge in [-0.2, -0.15) is 0 Å². The molecule has 1 aromatic carbocycles. The first-order valence-corrected chi connectivity index (χ1v) is 7.36. The second-order valence-corrected chi connectivity index (χ2v) is 5.29. The van der Waals surface area contributed by atoms with Crippen molar-refractivity contribution in [1.29, 1.82) is 0 Å². The predicted octanol–water partition coefficient (Wildman–Crippen LogP) is 2.43. The van der Waals surface area contributed by atoms with Gasteiger partial charge in [-0.15, -0.1) is 0 Å². The van der Waals surface area contributed by atoms with Gasteiger partial charge >= 0.3 is 11.9 Å². The average molecular weight is 353 g/mol. The maximum absolute atomic E-state index is 11.9. The van der Waals surface area contributed by atoms with Crippen molar-refractivity contribution in [2.75, 3.05) is 0 Å². The smallest absolute Gasteiger partial charge is 0.303 e. The monoisotopic (exact) mass is 352 g/mol. The fourth-order valence-corrected chi connectivity index (χ4v) is 1.79. The van der Waals surface area contributed by atoms with Crippen LogP contribution in [0.15, 0.2) is 36.7 Å². The molecular formula is C16H17ClN2O5. The summed E-state index contributed by atoms with van der Waals surface area (Å²) in [4.78, 5) is 35.3. The standard InChI is InChI=1S/C12H11ClN2O.C4H6O4/c1-15-7-6-14-12(15)8-11(16)9-2-4-10(13)5-3-9;5-3(6)1-2-4(7)8/h2-7H,8H2,1H3;1-2H2,(H,5,6)(H,7,8). The second-order valence-electron chi connectivity index (χ2n) is 4.85. The van der Waals surface area contributed by atoms with Crippen LogP contribution in [-0.2, 0) is 23.1 Å². The lowest BCUT2D eigenvalue weighted by atomic mass is 10.1. The Hall–Kier alpha value is -2.67. The number of carbonyl (C=O) groups excluding carboxylic acids is 1. The number of aryl methyl sites for hydroxylation is 1. The van der Waals surface area contributed by atoms with Crippen LogP contribution in [0.1, 0.15) is 29.0 Å². The number of benzene rings is 1. The third kappa shape index (κ3) is 7.06. The third-order valence-corrected chi connectivity index (χ3v) is 3.21. The number of carbonyl (C=O) groups is 3. The summed E-state index contributed by atoms with van der Waals surface area (Å²) in [6.07, 6.45) is 3.23. The van der Waals surface area contributed by atoms with Gasteiger partial charge in [0.05, 0.1) is 19.3 Å². The molecule has 1 heterocycles. The van der Waals surface area contributed by atoms with Crippen molar-refractivity contribution in [3.63, 3.8) is 0 Å². The largest absolute Gasteiger partial charge is 0.481 e. The molecular weight excluding hydrogens is 336 g/mol. The molecule has 24 heavy (non-hydrogen) atoms. The van der Waals surface area contributed by atoms with E-state index in [2.05, 4.69) is 4.98 Å². The van der Waals surface area contributed by atoms with Crippen molar-refractivity contribution in [1.82, 2.24) is 9.55 Å². The molecule has 0 aliphatic carbocycles. The predicted molar refractivity (Wildman–Crippen MR) is 87.2 cm³/mol. The number of nitrogens with zero attached hydrogens (tertiary/aromatic N) is 2. The lowest BCUT2D eigenvalue weighted by Gasteiger charge is -2.01. The van der Waals surface area contributed by atoms with Gasteiger partial charge in [0.25, 0.3) is 0 Å². The van der Waals surface area contributed by atoms with Gasteiger partial charge in [-0.05, 0) is 24.3 Å². The van der Waals surface area contributed by atoms with Crippen LogP contribution in [0.5, 0.6) is 0 Å². The molecule has 0 amide bonds. The molecule has 128 valence electrons. The van der Waals surface area contributed by atoms with Crippen molar-refractivity contribution < 1.29 is 24.6 Å². The number of rotatable bonds is 6. The van der Waals surface area contributed by atoms with Gasteiger partial charge in [-0.3, -0.25) is 14.4 Å². The molecule has 0 bridgehead atoms. The number of carboxylic acid groups (broad SMARTS) is 2. The quantitative estimate of drug-likeness (QED) is 0.773. The minimum absolute atomic E-state index is 0.0472. The summed E-state index contributed by atoms with van der Waals surface area (Å²) in [5.41, 5.74) is 0.660. The van der Waals surface area contributed by atoms with Crippen molar-refractivity contribution in [3.05, 3.63) is 53.1 Å². The zero-order chi connectivity index (χ0) is 18.1. The SMILES string of the molecule is Cn1ccnc1CC(=O)c1ccc(Cl)cc1.O=C(O)CCC(=O)O. The number of hydrogen-bond donors (Lipinski definition) is 2. The Morgan fingerprint density at radius 2 is 1.62 bits per heavy atom. The topological polar surface area (TPSA) is 109 Å². The van der Waals surface area contributed by atoms with Crippen molar-refractivity contribution >= 4 is 29.3 Å². The highest BCUT2D eigenvalue weighted by Crippen LogP contribution is 2.11. The first kappa shape index (κ1) is 19.4. The van der Waals surface area contributed by atoms with Crippen LogP contribution in [0.2, 0.25) is 5.02 Å². The van der Waals surface area contributed by atoms with E-state index in [0.717, 1.165) is 5.82 Å². The molecule has 0 saturated carbocycles.